The standard InChI is InChI=1S/C23H25ClN4O3/c1-30-22-15-25-14-19(26-22)17-8-12-27(13-9-17)10-4-5-11-28-21(24)16-31-20-7-3-2-6-18(20)23(28)29/h2-3,6-8,14-16H,4-5,9-13H2,1H3. The highest BCUT2D eigenvalue weighted by molar-refractivity contribution is 6.30. The van der Waals surface area contributed by atoms with Crippen LogP contribution in [0.3, 0.4) is 0 Å². The van der Waals surface area contributed by atoms with Crippen molar-refractivity contribution in [3.63, 3.8) is 0 Å². The minimum absolute atomic E-state index is 0.126. The summed E-state index contributed by atoms with van der Waals surface area (Å²) in [6.45, 7) is 3.36. The lowest BCUT2D eigenvalue weighted by molar-refractivity contribution is 0.0814. The summed E-state index contributed by atoms with van der Waals surface area (Å²) in [5.41, 5.74) is 2.61. The summed E-state index contributed by atoms with van der Waals surface area (Å²) in [5, 5.41) is 0.311. The van der Waals surface area contributed by atoms with Gasteiger partial charge in [-0.3, -0.25) is 19.6 Å². The number of ether oxygens (including phenoxy) is 2. The first-order valence-corrected chi connectivity index (χ1v) is 10.7. The number of rotatable bonds is 7. The summed E-state index contributed by atoms with van der Waals surface area (Å²) in [7, 11) is 1.60. The molecular formula is C23H25ClN4O3. The van der Waals surface area contributed by atoms with E-state index in [4.69, 9.17) is 21.1 Å². The van der Waals surface area contributed by atoms with Gasteiger partial charge < -0.3 is 9.47 Å². The molecule has 162 valence electrons. The third-order valence-electron chi connectivity index (χ3n) is 5.45. The van der Waals surface area contributed by atoms with Gasteiger partial charge in [-0.15, -0.1) is 0 Å². The number of fused-ring (bicyclic) bond motifs is 1. The van der Waals surface area contributed by atoms with Gasteiger partial charge in [0.15, 0.2) is 0 Å². The number of para-hydroxylation sites is 1. The number of hydrogen-bond acceptors (Lipinski definition) is 6. The number of carbonyl (C=O) groups excluding carboxylic acids is 1. The molecule has 0 fully saturated rings. The topological polar surface area (TPSA) is 67.8 Å². The van der Waals surface area contributed by atoms with E-state index in [9.17, 15) is 4.79 Å². The summed E-state index contributed by atoms with van der Waals surface area (Å²) < 4.78 is 10.7. The minimum atomic E-state index is -0.126. The van der Waals surface area contributed by atoms with Crippen molar-refractivity contribution in [2.24, 2.45) is 0 Å². The van der Waals surface area contributed by atoms with E-state index in [0.717, 1.165) is 44.6 Å². The second-order valence-electron chi connectivity index (χ2n) is 7.45. The molecule has 0 saturated heterocycles. The van der Waals surface area contributed by atoms with E-state index in [1.807, 2.05) is 12.1 Å². The van der Waals surface area contributed by atoms with Crippen LogP contribution in [-0.4, -0.2) is 59.0 Å². The van der Waals surface area contributed by atoms with Crippen LogP contribution < -0.4 is 9.47 Å². The van der Waals surface area contributed by atoms with Crippen molar-refractivity contribution >= 4 is 23.1 Å². The van der Waals surface area contributed by atoms with Gasteiger partial charge in [0.1, 0.15) is 17.2 Å². The Balaban J connectivity index is 1.27. The van der Waals surface area contributed by atoms with E-state index in [1.165, 1.54) is 11.8 Å². The molecule has 1 aromatic heterocycles. The van der Waals surface area contributed by atoms with E-state index in [2.05, 4.69) is 20.9 Å². The molecule has 31 heavy (non-hydrogen) atoms. The van der Waals surface area contributed by atoms with Crippen molar-refractivity contribution in [1.82, 2.24) is 19.8 Å². The summed E-state index contributed by atoms with van der Waals surface area (Å²) in [5.74, 6) is 0.939. The monoisotopic (exact) mass is 440 g/mol. The van der Waals surface area contributed by atoms with Gasteiger partial charge in [0, 0.05) is 19.6 Å². The summed E-state index contributed by atoms with van der Waals surface area (Å²) in [4.78, 5) is 25.5. The van der Waals surface area contributed by atoms with Crippen LogP contribution >= 0.6 is 11.6 Å². The van der Waals surface area contributed by atoms with Crippen molar-refractivity contribution in [1.29, 1.82) is 0 Å². The highest BCUT2D eigenvalue weighted by Crippen LogP contribution is 2.27. The lowest BCUT2D eigenvalue weighted by Gasteiger charge is -2.26. The second kappa shape index (κ2) is 9.94. The molecule has 0 aliphatic carbocycles. The number of benzene rings is 1. The number of unbranched alkanes of at least 4 members (excludes halogenated alkanes) is 1. The minimum Gasteiger partial charge on any atom is -0.480 e. The first kappa shape index (κ1) is 21.3. The summed E-state index contributed by atoms with van der Waals surface area (Å²) in [6.07, 6.45) is 9.78. The molecule has 7 nitrogen and oxygen atoms in total. The zero-order valence-electron chi connectivity index (χ0n) is 17.5. The maximum Gasteiger partial charge on any atom is 0.262 e. The predicted molar refractivity (Wildman–Crippen MR) is 119 cm³/mol. The normalized spacial score (nSPS) is 16.7. The molecule has 1 amide bonds. The molecule has 0 bridgehead atoms. The third kappa shape index (κ3) is 5.06. The Kier molecular flexibility index (Phi) is 6.84. The molecule has 2 aliphatic rings. The number of aromatic nitrogens is 2. The van der Waals surface area contributed by atoms with Crippen molar-refractivity contribution < 1.29 is 14.3 Å². The molecule has 2 aromatic rings. The van der Waals surface area contributed by atoms with Crippen LogP contribution in [0, 0.1) is 0 Å². The fourth-order valence-electron chi connectivity index (χ4n) is 3.73. The molecule has 0 spiro atoms. The Morgan fingerprint density at radius 3 is 2.84 bits per heavy atom. The molecule has 1 aromatic carbocycles. The van der Waals surface area contributed by atoms with Crippen molar-refractivity contribution in [2.45, 2.75) is 19.3 Å². The molecule has 0 saturated carbocycles. The van der Waals surface area contributed by atoms with Crippen LogP contribution in [0.25, 0.3) is 5.57 Å². The van der Waals surface area contributed by atoms with Gasteiger partial charge in [-0.1, -0.05) is 29.8 Å². The Morgan fingerprint density at radius 2 is 2.03 bits per heavy atom. The first-order valence-electron chi connectivity index (χ1n) is 10.4. The largest absolute Gasteiger partial charge is 0.480 e. The molecule has 2 aliphatic heterocycles. The van der Waals surface area contributed by atoms with Gasteiger partial charge in [0.25, 0.3) is 5.91 Å². The average Bonchev–Trinajstić information content (AvgIpc) is 2.94. The number of nitrogens with zero attached hydrogens (tertiary/aromatic N) is 4. The van der Waals surface area contributed by atoms with Gasteiger partial charge in [-0.2, -0.15) is 0 Å². The quantitative estimate of drug-likeness (QED) is 0.480. The maximum absolute atomic E-state index is 12.8. The second-order valence-corrected chi connectivity index (χ2v) is 7.83. The zero-order valence-corrected chi connectivity index (χ0v) is 18.2. The molecule has 8 heteroatoms. The fourth-order valence-corrected chi connectivity index (χ4v) is 3.93. The van der Waals surface area contributed by atoms with Crippen LogP contribution in [0.15, 0.2) is 54.2 Å². The lowest BCUT2D eigenvalue weighted by atomic mass is 10.0. The smallest absolute Gasteiger partial charge is 0.262 e. The Morgan fingerprint density at radius 1 is 1.19 bits per heavy atom. The third-order valence-corrected chi connectivity index (χ3v) is 5.75. The van der Waals surface area contributed by atoms with Crippen LogP contribution in [-0.2, 0) is 0 Å². The van der Waals surface area contributed by atoms with E-state index in [0.29, 0.717) is 28.9 Å². The van der Waals surface area contributed by atoms with E-state index in [1.54, 1.807) is 36.5 Å². The van der Waals surface area contributed by atoms with Crippen LogP contribution in [0.2, 0.25) is 0 Å². The Bertz CT molecular complexity index is 1010. The SMILES string of the molecule is COc1cncc(C2=CCN(CCCCN3C(=O)c4ccccc4OC=C3Cl)CC2)n1. The number of hydrogen-bond donors (Lipinski definition) is 0. The van der Waals surface area contributed by atoms with Gasteiger partial charge in [0.05, 0.1) is 30.8 Å². The molecule has 0 atom stereocenters. The number of amides is 1. The van der Waals surface area contributed by atoms with Crippen molar-refractivity contribution in [3.05, 3.63) is 65.4 Å². The molecule has 0 radical (unpaired) electrons. The average molecular weight is 441 g/mol. The van der Waals surface area contributed by atoms with E-state index < -0.39 is 0 Å². The van der Waals surface area contributed by atoms with Crippen LogP contribution in [0.5, 0.6) is 11.6 Å². The van der Waals surface area contributed by atoms with Crippen LogP contribution in [0.4, 0.5) is 0 Å². The Hall–Kier alpha value is -2.90. The summed E-state index contributed by atoms with van der Waals surface area (Å²) in [6, 6.07) is 7.20. The van der Waals surface area contributed by atoms with E-state index >= 15 is 0 Å². The van der Waals surface area contributed by atoms with Crippen LogP contribution in [0.1, 0.15) is 35.3 Å². The van der Waals surface area contributed by atoms with Gasteiger partial charge >= 0.3 is 0 Å². The highest BCUT2D eigenvalue weighted by Gasteiger charge is 2.25. The molecular weight excluding hydrogens is 416 g/mol. The zero-order chi connectivity index (χ0) is 21.6. The Labute approximate surface area is 186 Å². The lowest BCUT2D eigenvalue weighted by Crippen LogP contribution is -2.31. The van der Waals surface area contributed by atoms with Crippen molar-refractivity contribution in [2.75, 3.05) is 33.3 Å². The molecule has 0 unspecified atom stereocenters. The molecule has 3 heterocycles. The predicted octanol–water partition coefficient (Wildman–Crippen LogP) is 3.93. The van der Waals surface area contributed by atoms with Gasteiger partial charge in [-0.25, -0.2) is 4.98 Å². The number of halogens is 1. The number of methoxy groups -OCH3 is 1. The number of carbonyl (C=O) groups is 1. The van der Waals surface area contributed by atoms with E-state index in [-0.39, 0.29) is 5.91 Å². The first-order chi connectivity index (χ1) is 15.2. The van der Waals surface area contributed by atoms with Gasteiger partial charge in [0.2, 0.25) is 5.88 Å². The molecule has 0 N–H and O–H groups in total. The fraction of sp³-hybridized carbons (Fsp3) is 0.348. The van der Waals surface area contributed by atoms with Crippen molar-refractivity contribution in [3.8, 4) is 11.6 Å². The summed E-state index contributed by atoms with van der Waals surface area (Å²) >= 11 is 6.30. The maximum atomic E-state index is 12.8. The van der Waals surface area contributed by atoms with Gasteiger partial charge in [-0.05, 0) is 43.5 Å². The molecule has 4 rings (SSSR count). The highest BCUT2D eigenvalue weighted by atomic mass is 35.5.